The number of nitrogens with zero attached hydrogens (tertiary/aromatic N) is 2. The van der Waals surface area contributed by atoms with E-state index in [9.17, 15) is 11.0 Å². The Morgan fingerprint density at radius 3 is 1.80 bits per heavy atom. The molecule has 10 rings (SSSR count). The first-order valence-corrected chi connectivity index (χ1v) is 17.3. The molecule has 2 heterocycles. The molecular formula is C47H30N2OS. The van der Waals surface area contributed by atoms with Crippen molar-refractivity contribution in [1.29, 1.82) is 0 Å². The van der Waals surface area contributed by atoms with Gasteiger partial charge in [-0.25, -0.2) is 4.98 Å². The third-order valence-corrected chi connectivity index (χ3v) is 10.1. The zero-order valence-electron chi connectivity index (χ0n) is 34.9. The highest BCUT2D eigenvalue weighted by atomic mass is 32.1. The van der Waals surface area contributed by atoms with Crippen LogP contribution in [0.15, 0.2) is 186 Å². The van der Waals surface area contributed by atoms with Crippen LogP contribution in [0.3, 0.4) is 0 Å². The van der Waals surface area contributed by atoms with Gasteiger partial charge in [-0.15, -0.1) is 11.3 Å². The Morgan fingerprint density at radius 1 is 0.490 bits per heavy atom. The maximum Gasteiger partial charge on any atom is 0.227 e. The highest BCUT2D eigenvalue weighted by molar-refractivity contribution is 7.26. The summed E-state index contributed by atoms with van der Waals surface area (Å²) in [6.45, 7) is 0. The zero-order valence-corrected chi connectivity index (χ0v) is 27.7. The molecule has 0 radical (unpaired) electrons. The largest absolute Gasteiger partial charge is 0.436 e. The van der Waals surface area contributed by atoms with E-state index in [-0.39, 0.29) is 46.5 Å². The number of benzene rings is 8. The first-order chi connectivity index (χ1) is 28.6. The quantitative estimate of drug-likeness (QED) is 0.175. The summed E-state index contributed by atoms with van der Waals surface area (Å²) in [5.41, 5.74) is 3.48. The Balaban J connectivity index is 1.18. The second-order valence-corrected chi connectivity index (χ2v) is 13.2. The Bertz CT molecular complexity index is 3200. The summed E-state index contributed by atoms with van der Waals surface area (Å²) in [6, 6.07) is 38.1. The molecule has 0 saturated carbocycles. The average molecular weight is 679 g/mol. The van der Waals surface area contributed by atoms with Gasteiger partial charge in [0, 0.05) is 42.8 Å². The second-order valence-electron chi connectivity index (χ2n) is 12.1. The third-order valence-electron chi connectivity index (χ3n) is 9.04. The lowest BCUT2D eigenvalue weighted by atomic mass is 9.94. The predicted molar refractivity (Wildman–Crippen MR) is 215 cm³/mol. The van der Waals surface area contributed by atoms with Crippen molar-refractivity contribution < 1.29 is 15.4 Å². The number of rotatable bonds is 6. The molecule has 0 aliphatic heterocycles. The standard InChI is InChI=1S/C47H30N2OS/c1-3-12-34(13-4-1)49(35-14-5-2-6-15-35)36-28-26-32(27-29-36)31-22-24-33(25-23-31)37-18-11-21-43-45(37)46-39-17-8-7-16-38(39)40(30-44(46)51-43)47-48-41-19-9-10-20-42(41)50-47/h1-30H/i22D,23D,24D,25D,26D,27D,28D,29D. The monoisotopic (exact) mass is 678 g/mol. The van der Waals surface area contributed by atoms with Crippen LogP contribution in [0.25, 0.3) is 75.8 Å². The molecule has 0 amide bonds. The second kappa shape index (κ2) is 12.1. The van der Waals surface area contributed by atoms with Crippen LogP contribution >= 0.6 is 11.3 Å². The molecule has 8 aromatic carbocycles. The van der Waals surface area contributed by atoms with Gasteiger partial charge >= 0.3 is 0 Å². The minimum Gasteiger partial charge on any atom is -0.436 e. The number of fused-ring (bicyclic) bond motifs is 6. The van der Waals surface area contributed by atoms with E-state index in [1.807, 2.05) is 121 Å². The normalized spacial score (nSPS) is 13.7. The molecule has 0 atom stereocenters. The van der Waals surface area contributed by atoms with Gasteiger partial charge in [-0.2, -0.15) is 0 Å². The summed E-state index contributed by atoms with van der Waals surface area (Å²) in [6.07, 6.45) is 0. The van der Waals surface area contributed by atoms with E-state index < -0.39 is 24.2 Å². The fourth-order valence-corrected chi connectivity index (χ4v) is 7.92. The molecule has 2 aromatic heterocycles. The van der Waals surface area contributed by atoms with Gasteiger partial charge in [0.25, 0.3) is 0 Å². The Labute approximate surface area is 310 Å². The van der Waals surface area contributed by atoms with Crippen molar-refractivity contribution in [2.75, 3.05) is 4.90 Å². The summed E-state index contributed by atoms with van der Waals surface area (Å²) >= 11 is 1.55. The van der Waals surface area contributed by atoms with Crippen molar-refractivity contribution in [2.45, 2.75) is 0 Å². The smallest absolute Gasteiger partial charge is 0.227 e. The van der Waals surface area contributed by atoms with E-state index in [4.69, 9.17) is 9.40 Å². The number of thiophene rings is 1. The van der Waals surface area contributed by atoms with Crippen molar-refractivity contribution in [3.8, 4) is 33.7 Å². The van der Waals surface area contributed by atoms with Crippen LogP contribution in [0.4, 0.5) is 17.1 Å². The highest BCUT2D eigenvalue weighted by Gasteiger charge is 2.19. The number of hydrogen-bond donors (Lipinski definition) is 0. The maximum atomic E-state index is 9.41. The minimum absolute atomic E-state index is 0.00414. The molecule has 0 aliphatic carbocycles. The van der Waals surface area contributed by atoms with E-state index in [2.05, 4.69) is 6.07 Å². The topological polar surface area (TPSA) is 29.3 Å². The zero-order chi connectivity index (χ0) is 40.7. The van der Waals surface area contributed by atoms with E-state index in [1.165, 1.54) is 0 Å². The fourth-order valence-electron chi connectivity index (χ4n) is 6.73. The van der Waals surface area contributed by atoms with Crippen LogP contribution in [0, 0.1) is 0 Å². The number of oxazole rings is 1. The molecule has 0 spiro atoms. The number of para-hydroxylation sites is 4. The van der Waals surface area contributed by atoms with Gasteiger partial charge in [0.1, 0.15) is 5.52 Å². The summed E-state index contributed by atoms with van der Waals surface area (Å²) < 4.78 is 82.4. The minimum atomic E-state index is -0.474. The van der Waals surface area contributed by atoms with Crippen LogP contribution in [0.5, 0.6) is 0 Å². The predicted octanol–water partition coefficient (Wildman–Crippen LogP) is 13.8. The number of hydrogen-bond acceptors (Lipinski definition) is 4. The summed E-state index contributed by atoms with van der Waals surface area (Å²) in [7, 11) is 0. The van der Waals surface area contributed by atoms with Crippen LogP contribution in [0.2, 0.25) is 0 Å². The molecule has 0 aliphatic rings. The van der Waals surface area contributed by atoms with Crippen molar-refractivity contribution in [3.63, 3.8) is 0 Å². The van der Waals surface area contributed by atoms with Gasteiger partial charge in [0.2, 0.25) is 5.89 Å². The highest BCUT2D eigenvalue weighted by Crippen LogP contribution is 2.46. The first kappa shape index (κ1) is 22.3. The number of aromatic nitrogens is 1. The molecule has 3 nitrogen and oxygen atoms in total. The lowest BCUT2D eigenvalue weighted by Gasteiger charge is -2.25. The van der Waals surface area contributed by atoms with Crippen molar-refractivity contribution in [3.05, 3.63) is 182 Å². The van der Waals surface area contributed by atoms with E-state index >= 15 is 0 Å². The SMILES string of the molecule is [2H]c1c([2H])c(-c2cccc3sc4cc(-c5nc6ccccc6o5)c5ccccc5c4c23)c([2H])c([2H])c1-c1c([2H])c([2H])c(N(c2ccccc2)c2ccccc2)c([2H])c1[2H]. The van der Waals surface area contributed by atoms with Crippen molar-refractivity contribution >= 4 is 70.4 Å². The van der Waals surface area contributed by atoms with E-state index in [1.54, 1.807) is 22.3 Å². The number of anilines is 3. The Morgan fingerprint density at radius 2 is 1.10 bits per heavy atom. The van der Waals surface area contributed by atoms with Crippen LogP contribution in [0.1, 0.15) is 11.0 Å². The first-order valence-electron chi connectivity index (χ1n) is 20.5. The molecule has 4 heteroatoms. The van der Waals surface area contributed by atoms with E-state index in [0.717, 1.165) is 42.0 Å². The lowest BCUT2D eigenvalue weighted by Crippen LogP contribution is -2.09. The summed E-state index contributed by atoms with van der Waals surface area (Å²) in [5, 5.41) is 3.49. The van der Waals surface area contributed by atoms with Gasteiger partial charge in [-0.05, 0) is 93.6 Å². The van der Waals surface area contributed by atoms with Crippen LogP contribution in [-0.4, -0.2) is 4.98 Å². The molecule has 0 fully saturated rings. The third kappa shape index (κ3) is 5.08. The van der Waals surface area contributed by atoms with Gasteiger partial charge < -0.3 is 9.32 Å². The molecule has 0 N–H and O–H groups in total. The Kier molecular flexibility index (Phi) is 5.30. The van der Waals surface area contributed by atoms with Gasteiger partial charge in [-0.1, -0.05) is 121 Å². The Hall–Kier alpha value is -6.49. The van der Waals surface area contributed by atoms with Gasteiger partial charge in [0.15, 0.2) is 5.58 Å². The fraction of sp³-hybridized carbons (Fsp3) is 0. The molecule has 51 heavy (non-hydrogen) atoms. The molecule has 0 unspecified atom stereocenters. The van der Waals surface area contributed by atoms with Gasteiger partial charge in [0.05, 0.1) is 11.0 Å². The molecule has 10 aromatic rings. The summed E-state index contributed by atoms with van der Waals surface area (Å²) in [5.74, 6) is 0.493. The van der Waals surface area contributed by atoms with Crippen molar-refractivity contribution in [2.24, 2.45) is 0 Å². The summed E-state index contributed by atoms with van der Waals surface area (Å²) in [4.78, 5) is 6.44. The molecular weight excluding hydrogens is 641 g/mol. The van der Waals surface area contributed by atoms with E-state index in [0.29, 0.717) is 28.4 Å². The van der Waals surface area contributed by atoms with Crippen LogP contribution < -0.4 is 4.90 Å². The molecule has 240 valence electrons. The lowest BCUT2D eigenvalue weighted by molar-refractivity contribution is 0.621. The van der Waals surface area contributed by atoms with Crippen LogP contribution in [-0.2, 0) is 0 Å². The van der Waals surface area contributed by atoms with Crippen molar-refractivity contribution in [1.82, 2.24) is 4.98 Å². The average Bonchev–Trinajstić information content (AvgIpc) is 3.88. The van der Waals surface area contributed by atoms with Gasteiger partial charge in [-0.3, -0.25) is 0 Å². The maximum absolute atomic E-state index is 9.41. The molecule has 0 saturated heterocycles. The molecule has 0 bridgehead atoms.